The molecular weight excluding hydrogens is 118 g/mol. The standard InChI is InChI=1S/C6H9NO2/c7-4-1-5(8)3-6(9)2-4/h4H,1-3,7H2. The Balaban J connectivity index is 2.53. The summed E-state index contributed by atoms with van der Waals surface area (Å²) in [5.74, 6) is -0.0301. The molecule has 0 aliphatic heterocycles. The number of rotatable bonds is 0. The number of hydrogen-bond acceptors (Lipinski definition) is 3. The van der Waals surface area contributed by atoms with Crippen LogP contribution in [0.2, 0.25) is 0 Å². The van der Waals surface area contributed by atoms with Crippen LogP contribution in [0.15, 0.2) is 0 Å². The Morgan fingerprint density at radius 3 is 2.00 bits per heavy atom. The first-order valence-corrected chi connectivity index (χ1v) is 2.97. The van der Waals surface area contributed by atoms with E-state index in [1.807, 2.05) is 0 Å². The first-order chi connectivity index (χ1) is 4.18. The van der Waals surface area contributed by atoms with Crippen molar-refractivity contribution < 1.29 is 9.59 Å². The molecule has 0 aromatic rings. The van der Waals surface area contributed by atoms with E-state index in [-0.39, 0.29) is 24.0 Å². The Morgan fingerprint density at radius 1 is 1.22 bits per heavy atom. The molecule has 0 heterocycles. The lowest BCUT2D eigenvalue weighted by atomic mass is 9.94. The predicted molar refractivity (Wildman–Crippen MR) is 31.8 cm³/mol. The molecule has 1 fully saturated rings. The fourth-order valence-corrected chi connectivity index (χ4v) is 1.02. The summed E-state index contributed by atoms with van der Waals surface area (Å²) >= 11 is 0. The fraction of sp³-hybridized carbons (Fsp3) is 0.667. The summed E-state index contributed by atoms with van der Waals surface area (Å²) < 4.78 is 0. The molecule has 3 heteroatoms. The maximum atomic E-state index is 10.6. The van der Waals surface area contributed by atoms with E-state index < -0.39 is 0 Å². The van der Waals surface area contributed by atoms with Gasteiger partial charge in [0.05, 0.1) is 6.42 Å². The van der Waals surface area contributed by atoms with E-state index in [4.69, 9.17) is 5.73 Å². The predicted octanol–water partition coefficient (Wildman–Crippen LogP) is -0.364. The molecule has 2 N–H and O–H groups in total. The van der Waals surface area contributed by atoms with Crippen molar-refractivity contribution in [3.05, 3.63) is 0 Å². The molecule has 1 aliphatic carbocycles. The minimum atomic E-state index is -0.209. The summed E-state index contributed by atoms with van der Waals surface area (Å²) in [6.45, 7) is 0. The topological polar surface area (TPSA) is 60.2 Å². The average molecular weight is 127 g/mol. The van der Waals surface area contributed by atoms with Gasteiger partial charge in [-0.05, 0) is 0 Å². The van der Waals surface area contributed by atoms with Crippen LogP contribution in [0.25, 0.3) is 0 Å². The van der Waals surface area contributed by atoms with Gasteiger partial charge in [-0.15, -0.1) is 0 Å². The highest BCUT2D eigenvalue weighted by molar-refractivity contribution is 6.01. The van der Waals surface area contributed by atoms with Crippen molar-refractivity contribution in [3.63, 3.8) is 0 Å². The first-order valence-electron chi connectivity index (χ1n) is 2.97. The smallest absolute Gasteiger partial charge is 0.141 e. The van der Waals surface area contributed by atoms with Gasteiger partial charge in [0.1, 0.15) is 11.6 Å². The van der Waals surface area contributed by atoms with Crippen LogP contribution in [-0.2, 0) is 9.59 Å². The van der Waals surface area contributed by atoms with Gasteiger partial charge in [-0.25, -0.2) is 0 Å². The normalized spacial score (nSPS) is 22.8. The van der Waals surface area contributed by atoms with Crippen LogP contribution in [0.3, 0.4) is 0 Å². The van der Waals surface area contributed by atoms with E-state index in [1.165, 1.54) is 0 Å². The lowest BCUT2D eigenvalue weighted by Crippen LogP contribution is -2.32. The Bertz CT molecular complexity index is 137. The van der Waals surface area contributed by atoms with E-state index in [1.54, 1.807) is 0 Å². The third-order valence-electron chi connectivity index (χ3n) is 1.37. The number of carbonyl (C=O) groups is 2. The first kappa shape index (κ1) is 6.42. The van der Waals surface area contributed by atoms with Crippen molar-refractivity contribution in [1.29, 1.82) is 0 Å². The Labute approximate surface area is 53.2 Å². The van der Waals surface area contributed by atoms with Gasteiger partial charge >= 0.3 is 0 Å². The van der Waals surface area contributed by atoms with Gasteiger partial charge in [0.2, 0.25) is 0 Å². The van der Waals surface area contributed by atoms with Crippen molar-refractivity contribution >= 4 is 11.6 Å². The molecule has 50 valence electrons. The molecule has 0 radical (unpaired) electrons. The molecule has 1 rings (SSSR count). The highest BCUT2D eigenvalue weighted by Crippen LogP contribution is 2.08. The molecule has 0 saturated heterocycles. The van der Waals surface area contributed by atoms with Crippen molar-refractivity contribution in [3.8, 4) is 0 Å². The molecule has 0 bridgehead atoms. The third-order valence-corrected chi connectivity index (χ3v) is 1.37. The summed E-state index contributed by atoms with van der Waals surface area (Å²) in [7, 11) is 0. The van der Waals surface area contributed by atoms with E-state index in [0.29, 0.717) is 12.8 Å². The lowest BCUT2D eigenvalue weighted by molar-refractivity contribution is -0.129. The zero-order valence-electron chi connectivity index (χ0n) is 5.09. The maximum absolute atomic E-state index is 10.6. The Hall–Kier alpha value is -0.700. The number of hydrogen-bond donors (Lipinski definition) is 1. The van der Waals surface area contributed by atoms with Gasteiger partial charge in [-0.3, -0.25) is 9.59 Å². The van der Waals surface area contributed by atoms with Gasteiger partial charge in [0.25, 0.3) is 0 Å². The van der Waals surface area contributed by atoms with Crippen LogP contribution in [0.4, 0.5) is 0 Å². The summed E-state index contributed by atoms with van der Waals surface area (Å²) in [6.07, 6.45) is 0.866. The Kier molecular flexibility index (Phi) is 1.62. The maximum Gasteiger partial charge on any atom is 0.141 e. The van der Waals surface area contributed by atoms with E-state index in [2.05, 4.69) is 0 Å². The molecule has 0 amide bonds. The van der Waals surface area contributed by atoms with E-state index >= 15 is 0 Å². The molecular formula is C6H9NO2. The van der Waals surface area contributed by atoms with Crippen molar-refractivity contribution in [1.82, 2.24) is 0 Å². The second-order valence-corrected chi connectivity index (χ2v) is 2.42. The molecule has 3 nitrogen and oxygen atoms in total. The van der Waals surface area contributed by atoms with Gasteiger partial charge in [0.15, 0.2) is 0 Å². The molecule has 0 aromatic carbocycles. The number of ketones is 2. The summed E-state index contributed by atoms with van der Waals surface area (Å²) in [4.78, 5) is 21.2. The molecule has 0 spiro atoms. The third kappa shape index (κ3) is 1.61. The number of carbonyl (C=O) groups excluding carboxylic acids is 2. The molecule has 1 aliphatic rings. The summed E-state index contributed by atoms with van der Waals surface area (Å²) in [6, 6.07) is -0.209. The van der Waals surface area contributed by atoms with Crippen molar-refractivity contribution in [2.75, 3.05) is 0 Å². The molecule has 0 unspecified atom stereocenters. The molecule has 0 atom stereocenters. The monoisotopic (exact) mass is 127 g/mol. The number of nitrogens with two attached hydrogens (primary N) is 1. The van der Waals surface area contributed by atoms with Gasteiger partial charge in [-0.2, -0.15) is 0 Å². The van der Waals surface area contributed by atoms with Crippen molar-refractivity contribution in [2.24, 2.45) is 5.73 Å². The lowest BCUT2D eigenvalue weighted by Gasteiger charge is -2.14. The molecule has 9 heavy (non-hydrogen) atoms. The van der Waals surface area contributed by atoms with Crippen LogP contribution < -0.4 is 5.73 Å². The molecule has 1 saturated carbocycles. The van der Waals surface area contributed by atoms with Gasteiger partial charge in [-0.1, -0.05) is 0 Å². The fourth-order valence-electron chi connectivity index (χ4n) is 1.02. The second-order valence-electron chi connectivity index (χ2n) is 2.42. The van der Waals surface area contributed by atoms with Crippen LogP contribution >= 0.6 is 0 Å². The zero-order valence-corrected chi connectivity index (χ0v) is 5.09. The summed E-state index contributed by atoms with van der Waals surface area (Å²) in [5, 5.41) is 0. The van der Waals surface area contributed by atoms with Crippen LogP contribution in [0.1, 0.15) is 19.3 Å². The SMILES string of the molecule is NC1CC(=O)CC(=O)C1. The number of Topliss-reactive ketones (excluding diaryl/α,β-unsaturated/α-hetero) is 2. The highest BCUT2D eigenvalue weighted by Gasteiger charge is 2.21. The van der Waals surface area contributed by atoms with Crippen LogP contribution in [-0.4, -0.2) is 17.6 Å². The minimum absolute atomic E-state index is 0.0150. The second kappa shape index (κ2) is 2.27. The largest absolute Gasteiger partial charge is 0.327 e. The van der Waals surface area contributed by atoms with Crippen LogP contribution in [0.5, 0.6) is 0 Å². The van der Waals surface area contributed by atoms with Gasteiger partial charge in [0, 0.05) is 18.9 Å². The minimum Gasteiger partial charge on any atom is -0.327 e. The van der Waals surface area contributed by atoms with E-state index in [9.17, 15) is 9.59 Å². The van der Waals surface area contributed by atoms with Gasteiger partial charge < -0.3 is 5.73 Å². The van der Waals surface area contributed by atoms with Crippen molar-refractivity contribution in [2.45, 2.75) is 25.3 Å². The van der Waals surface area contributed by atoms with Crippen LogP contribution in [0, 0.1) is 0 Å². The quantitative estimate of drug-likeness (QED) is 0.452. The molecule has 0 aromatic heterocycles. The Morgan fingerprint density at radius 2 is 1.67 bits per heavy atom. The average Bonchev–Trinajstić information content (AvgIpc) is 1.59. The highest BCUT2D eigenvalue weighted by atomic mass is 16.1. The summed E-state index contributed by atoms with van der Waals surface area (Å²) in [5.41, 5.74) is 5.37. The van der Waals surface area contributed by atoms with E-state index in [0.717, 1.165) is 0 Å². The zero-order chi connectivity index (χ0) is 6.85.